The van der Waals surface area contributed by atoms with Crippen molar-refractivity contribution in [3.8, 4) is 0 Å². The molecular weight excluding hydrogens is 487 g/mol. The van der Waals surface area contributed by atoms with Gasteiger partial charge in [0.2, 0.25) is 0 Å². The quantitative estimate of drug-likeness (QED) is 0.206. The minimum atomic E-state index is -0.970. The molecule has 0 bridgehead atoms. The highest BCUT2D eigenvalue weighted by molar-refractivity contribution is 14.0. The van der Waals surface area contributed by atoms with Crippen molar-refractivity contribution >= 4 is 41.3 Å². The summed E-state index contributed by atoms with van der Waals surface area (Å²) in [6.07, 6.45) is 1.83. The maximum atomic E-state index is 11.9. The largest absolute Gasteiger partial charge is 0.383 e. The Morgan fingerprint density at radius 2 is 2.04 bits per heavy atom. The van der Waals surface area contributed by atoms with Crippen LogP contribution in [0.25, 0.3) is 0 Å². The molecule has 8 heteroatoms. The van der Waals surface area contributed by atoms with Gasteiger partial charge in [-0.25, -0.2) is 4.99 Å². The Labute approximate surface area is 188 Å². The van der Waals surface area contributed by atoms with Crippen molar-refractivity contribution in [2.45, 2.75) is 45.8 Å². The molecule has 2 heterocycles. The van der Waals surface area contributed by atoms with Gasteiger partial charge in [-0.3, -0.25) is 4.79 Å². The van der Waals surface area contributed by atoms with Gasteiger partial charge in [0.25, 0.3) is 5.56 Å². The standard InChI is InChI=1S/C20H30N4O2S.HI/c1-4-21-19(23-15-20(3,26)17-10-8-14-27-17)22-12-5-6-13-24-16(2)9-7-11-18(24)25;/h7-11,14,26H,4-6,12-13,15H2,1-3H3,(H2,21,22,23);1H. The number of aryl methyl sites for hydroxylation is 1. The average molecular weight is 518 g/mol. The maximum absolute atomic E-state index is 11.9. The van der Waals surface area contributed by atoms with Crippen molar-refractivity contribution in [2.24, 2.45) is 4.99 Å². The van der Waals surface area contributed by atoms with Crippen molar-refractivity contribution in [1.82, 2.24) is 15.2 Å². The average Bonchev–Trinajstić information content (AvgIpc) is 3.17. The lowest BCUT2D eigenvalue weighted by Gasteiger charge is -2.20. The fraction of sp³-hybridized carbons (Fsp3) is 0.500. The minimum Gasteiger partial charge on any atom is -0.383 e. The van der Waals surface area contributed by atoms with E-state index in [1.54, 1.807) is 23.6 Å². The van der Waals surface area contributed by atoms with E-state index in [2.05, 4.69) is 15.6 Å². The molecule has 28 heavy (non-hydrogen) atoms. The molecule has 6 nitrogen and oxygen atoms in total. The number of hydrogen-bond donors (Lipinski definition) is 3. The van der Waals surface area contributed by atoms with Gasteiger partial charge in [-0.15, -0.1) is 35.3 Å². The molecule has 0 amide bonds. The Kier molecular flexibility index (Phi) is 10.8. The number of hydrogen-bond acceptors (Lipinski definition) is 4. The summed E-state index contributed by atoms with van der Waals surface area (Å²) in [7, 11) is 0. The van der Waals surface area contributed by atoms with Gasteiger partial charge in [0.05, 0.1) is 6.54 Å². The van der Waals surface area contributed by atoms with Crippen molar-refractivity contribution in [3.63, 3.8) is 0 Å². The van der Waals surface area contributed by atoms with E-state index in [0.29, 0.717) is 19.0 Å². The first-order chi connectivity index (χ1) is 12.9. The minimum absolute atomic E-state index is 0. The second-order valence-electron chi connectivity index (χ2n) is 6.74. The fourth-order valence-corrected chi connectivity index (χ4v) is 3.53. The third-order valence-corrected chi connectivity index (χ3v) is 5.43. The summed E-state index contributed by atoms with van der Waals surface area (Å²) >= 11 is 1.53. The van der Waals surface area contributed by atoms with Crippen molar-refractivity contribution in [1.29, 1.82) is 0 Å². The van der Waals surface area contributed by atoms with Crippen LogP contribution in [0.1, 0.15) is 37.3 Å². The summed E-state index contributed by atoms with van der Waals surface area (Å²) in [5.74, 6) is 0.697. The van der Waals surface area contributed by atoms with E-state index >= 15 is 0 Å². The zero-order valence-electron chi connectivity index (χ0n) is 16.8. The Morgan fingerprint density at radius 1 is 1.25 bits per heavy atom. The van der Waals surface area contributed by atoms with Crippen LogP contribution < -0.4 is 16.2 Å². The molecular formula is C20H31IN4O2S. The van der Waals surface area contributed by atoms with Crippen molar-refractivity contribution in [3.05, 3.63) is 56.6 Å². The summed E-state index contributed by atoms with van der Waals surface area (Å²) in [6.45, 7) is 8.27. The van der Waals surface area contributed by atoms with Gasteiger partial charge in [0, 0.05) is 36.3 Å². The van der Waals surface area contributed by atoms with Crippen molar-refractivity contribution in [2.75, 3.05) is 19.6 Å². The smallest absolute Gasteiger partial charge is 0.250 e. The molecule has 0 radical (unpaired) electrons. The van der Waals surface area contributed by atoms with Gasteiger partial charge in [-0.2, -0.15) is 0 Å². The monoisotopic (exact) mass is 518 g/mol. The summed E-state index contributed by atoms with van der Waals surface area (Å²) in [6, 6.07) is 9.20. The van der Waals surface area contributed by atoms with Crippen LogP contribution in [0.15, 0.2) is 45.5 Å². The van der Waals surface area contributed by atoms with Crippen LogP contribution in [0.4, 0.5) is 0 Å². The van der Waals surface area contributed by atoms with Crippen LogP contribution in [0.3, 0.4) is 0 Å². The van der Waals surface area contributed by atoms with Crippen LogP contribution in [0.2, 0.25) is 0 Å². The molecule has 3 N–H and O–H groups in total. The van der Waals surface area contributed by atoms with Crippen LogP contribution in [-0.4, -0.2) is 35.3 Å². The normalized spacial score (nSPS) is 13.5. The second kappa shape index (κ2) is 12.2. The van der Waals surface area contributed by atoms with Crippen LogP contribution in [0.5, 0.6) is 0 Å². The molecule has 1 unspecified atom stereocenters. The molecule has 156 valence electrons. The van der Waals surface area contributed by atoms with E-state index < -0.39 is 5.60 Å². The molecule has 2 aromatic heterocycles. The van der Waals surface area contributed by atoms with E-state index in [4.69, 9.17) is 0 Å². The van der Waals surface area contributed by atoms with Gasteiger partial charge in [-0.1, -0.05) is 12.1 Å². The molecule has 1 atom stereocenters. The third-order valence-electron chi connectivity index (χ3n) is 4.31. The first kappa shape index (κ1) is 24.6. The van der Waals surface area contributed by atoms with Gasteiger partial charge < -0.3 is 20.3 Å². The zero-order chi connectivity index (χ0) is 19.7. The maximum Gasteiger partial charge on any atom is 0.250 e. The SMILES string of the molecule is CCNC(=NCC(C)(O)c1cccs1)NCCCCn1c(C)cccc1=O.I. The molecule has 0 spiro atoms. The highest BCUT2D eigenvalue weighted by Crippen LogP contribution is 2.25. The van der Waals surface area contributed by atoms with Crippen molar-refractivity contribution < 1.29 is 5.11 Å². The Morgan fingerprint density at radius 3 is 2.68 bits per heavy atom. The second-order valence-corrected chi connectivity index (χ2v) is 7.68. The topological polar surface area (TPSA) is 78.7 Å². The molecule has 0 fully saturated rings. The zero-order valence-corrected chi connectivity index (χ0v) is 19.9. The van der Waals surface area contributed by atoms with Crippen LogP contribution in [0, 0.1) is 6.92 Å². The number of aliphatic hydroxyl groups is 1. The summed E-state index contributed by atoms with van der Waals surface area (Å²) in [5, 5.41) is 19.1. The predicted octanol–water partition coefficient (Wildman–Crippen LogP) is 3.08. The Hall–Kier alpha value is -1.39. The Bertz CT molecular complexity index is 788. The lowest BCUT2D eigenvalue weighted by Crippen LogP contribution is -2.39. The van der Waals surface area contributed by atoms with E-state index in [0.717, 1.165) is 36.5 Å². The van der Waals surface area contributed by atoms with E-state index in [9.17, 15) is 9.90 Å². The molecule has 0 aliphatic rings. The summed E-state index contributed by atoms with van der Waals surface area (Å²) in [4.78, 5) is 17.3. The molecule has 2 aromatic rings. The molecule has 0 aliphatic heterocycles. The number of nitrogens with zero attached hydrogens (tertiary/aromatic N) is 2. The lowest BCUT2D eigenvalue weighted by molar-refractivity contribution is 0.0711. The first-order valence-corrected chi connectivity index (χ1v) is 10.3. The number of aliphatic imine (C=N–C) groups is 1. The number of aromatic nitrogens is 1. The van der Waals surface area contributed by atoms with E-state index in [1.165, 1.54) is 11.3 Å². The number of guanidine groups is 1. The fourth-order valence-electron chi connectivity index (χ4n) is 2.75. The van der Waals surface area contributed by atoms with E-state index in [1.807, 2.05) is 37.4 Å². The van der Waals surface area contributed by atoms with Gasteiger partial charge in [0.15, 0.2) is 5.96 Å². The predicted molar refractivity (Wildman–Crippen MR) is 128 cm³/mol. The molecule has 0 saturated heterocycles. The summed E-state index contributed by atoms with van der Waals surface area (Å²) < 4.78 is 1.80. The van der Waals surface area contributed by atoms with Gasteiger partial charge >= 0.3 is 0 Å². The number of thiophene rings is 1. The number of pyridine rings is 1. The number of halogens is 1. The van der Waals surface area contributed by atoms with Crippen LogP contribution >= 0.6 is 35.3 Å². The Balaban J connectivity index is 0.00000392. The highest BCUT2D eigenvalue weighted by atomic mass is 127. The first-order valence-electron chi connectivity index (χ1n) is 9.39. The lowest BCUT2D eigenvalue weighted by atomic mass is 10.1. The molecule has 2 rings (SSSR count). The van der Waals surface area contributed by atoms with E-state index in [-0.39, 0.29) is 29.5 Å². The molecule has 0 aromatic carbocycles. The number of unbranched alkanes of at least 4 members (excludes halogenated alkanes) is 1. The summed E-state index contributed by atoms with van der Waals surface area (Å²) in [5.41, 5.74) is 0.0672. The highest BCUT2D eigenvalue weighted by Gasteiger charge is 2.23. The number of rotatable bonds is 9. The molecule has 0 saturated carbocycles. The molecule has 0 aliphatic carbocycles. The van der Waals surface area contributed by atoms with Gasteiger partial charge in [-0.05, 0) is 51.1 Å². The van der Waals surface area contributed by atoms with Gasteiger partial charge in [0.1, 0.15) is 5.60 Å². The number of nitrogens with one attached hydrogen (secondary N) is 2. The third kappa shape index (κ3) is 7.56. The van der Waals surface area contributed by atoms with Crippen LogP contribution in [-0.2, 0) is 12.1 Å².